The van der Waals surface area contributed by atoms with Crippen LogP contribution in [0.25, 0.3) is 0 Å². The van der Waals surface area contributed by atoms with Gasteiger partial charge in [0.25, 0.3) is 0 Å². The summed E-state index contributed by atoms with van der Waals surface area (Å²) in [5, 5.41) is 16.5. The van der Waals surface area contributed by atoms with Crippen molar-refractivity contribution < 1.29 is 14.7 Å². The monoisotopic (exact) mass is 291 g/mol. The Hall–Kier alpha value is -2.41. The summed E-state index contributed by atoms with van der Waals surface area (Å²) in [4.78, 5) is 26.8. The maximum Gasteiger partial charge on any atom is 0.336 e. The average Bonchev–Trinajstić information content (AvgIpc) is 2.85. The maximum absolute atomic E-state index is 11.8. The molecule has 0 spiro atoms. The number of aromatic nitrogens is 1. The summed E-state index contributed by atoms with van der Waals surface area (Å²) in [7, 11) is 0. The lowest BCUT2D eigenvalue weighted by Crippen LogP contribution is -2.19. The van der Waals surface area contributed by atoms with Gasteiger partial charge in [0.15, 0.2) is 5.13 Å². The number of nitrogens with one attached hydrogen (secondary N) is 2. The molecule has 0 aliphatic carbocycles. The molecule has 3 N–H and O–H groups in total. The Morgan fingerprint density at radius 3 is 2.60 bits per heavy atom. The van der Waals surface area contributed by atoms with Crippen LogP contribution in [0.2, 0.25) is 0 Å². The molecule has 0 radical (unpaired) electrons. The van der Waals surface area contributed by atoms with Crippen LogP contribution in [-0.4, -0.2) is 22.1 Å². The smallest absolute Gasteiger partial charge is 0.336 e. The molecule has 104 valence electrons. The molecule has 1 aromatic carbocycles. The number of hydrogen-bond acceptors (Lipinski definition) is 4. The van der Waals surface area contributed by atoms with Crippen molar-refractivity contribution in [3.63, 3.8) is 0 Å². The van der Waals surface area contributed by atoms with Gasteiger partial charge in [-0.3, -0.25) is 5.32 Å². The molecule has 0 unspecified atom stereocenters. The number of amides is 2. The van der Waals surface area contributed by atoms with E-state index >= 15 is 0 Å². The van der Waals surface area contributed by atoms with E-state index in [1.165, 1.54) is 17.4 Å². The highest BCUT2D eigenvalue weighted by Crippen LogP contribution is 2.20. The molecular weight excluding hydrogens is 278 g/mol. The first kappa shape index (κ1) is 14.0. The van der Waals surface area contributed by atoms with Gasteiger partial charge in [0.05, 0.1) is 5.56 Å². The van der Waals surface area contributed by atoms with Crippen LogP contribution in [-0.2, 0) is 0 Å². The number of aromatic carboxylic acids is 1. The van der Waals surface area contributed by atoms with Gasteiger partial charge in [0.1, 0.15) is 0 Å². The molecular formula is C13H13N3O3S. The number of hydrogen-bond donors (Lipinski definition) is 3. The van der Waals surface area contributed by atoms with Gasteiger partial charge in [-0.2, -0.15) is 0 Å². The summed E-state index contributed by atoms with van der Waals surface area (Å²) in [6.07, 6.45) is 1.58. The van der Waals surface area contributed by atoms with Gasteiger partial charge < -0.3 is 10.4 Å². The van der Waals surface area contributed by atoms with Crippen LogP contribution < -0.4 is 10.6 Å². The molecule has 2 rings (SSSR count). The molecule has 0 atom stereocenters. The average molecular weight is 291 g/mol. The molecule has 0 bridgehead atoms. The predicted octanol–water partition coefficient (Wildman–Crippen LogP) is 3.10. The fourth-order valence-corrected chi connectivity index (χ4v) is 2.22. The van der Waals surface area contributed by atoms with Gasteiger partial charge in [-0.15, -0.1) is 11.3 Å². The van der Waals surface area contributed by atoms with E-state index in [1.807, 2.05) is 0 Å². The molecule has 0 saturated carbocycles. The van der Waals surface area contributed by atoms with E-state index in [1.54, 1.807) is 31.5 Å². The number of nitrogens with zero attached hydrogens (tertiary/aromatic N) is 1. The summed E-state index contributed by atoms with van der Waals surface area (Å²) in [6.45, 7) is 3.53. The standard InChI is InChI=1S/C13H13N3O3S/c1-7-5-9(6-10(8(7)2)11(17)18)15-12(19)16-13-14-3-4-20-13/h3-6H,1-2H3,(H,17,18)(H2,14,15,16,19). The number of anilines is 2. The predicted molar refractivity (Wildman–Crippen MR) is 77.6 cm³/mol. The second-order valence-corrected chi connectivity index (χ2v) is 5.08. The Balaban J connectivity index is 2.17. The van der Waals surface area contributed by atoms with Gasteiger partial charge in [-0.25, -0.2) is 14.6 Å². The second-order valence-electron chi connectivity index (χ2n) is 4.19. The van der Waals surface area contributed by atoms with Crippen LogP contribution >= 0.6 is 11.3 Å². The summed E-state index contributed by atoms with van der Waals surface area (Å²) in [5.41, 5.74) is 2.09. The Morgan fingerprint density at radius 1 is 1.25 bits per heavy atom. The zero-order valence-electron chi connectivity index (χ0n) is 10.9. The SMILES string of the molecule is Cc1cc(NC(=O)Nc2nccs2)cc(C(=O)O)c1C. The van der Waals surface area contributed by atoms with Crippen molar-refractivity contribution in [1.29, 1.82) is 0 Å². The number of aryl methyl sites for hydroxylation is 1. The molecule has 6 nitrogen and oxygen atoms in total. The normalized spacial score (nSPS) is 10.1. The van der Waals surface area contributed by atoms with Crippen LogP contribution in [0.15, 0.2) is 23.7 Å². The van der Waals surface area contributed by atoms with Crippen LogP contribution in [0.4, 0.5) is 15.6 Å². The van der Waals surface area contributed by atoms with Crippen molar-refractivity contribution in [2.75, 3.05) is 10.6 Å². The van der Waals surface area contributed by atoms with Crippen molar-refractivity contribution in [3.8, 4) is 0 Å². The number of carboxylic acid groups (broad SMARTS) is 1. The first-order chi connectivity index (χ1) is 9.47. The van der Waals surface area contributed by atoms with Crippen molar-refractivity contribution in [1.82, 2.24) is 4.98 Å². The Bertz CT molecular complexity index is 653. The summed E-state index contributed by atoms with van der Waals surface area (Å²) in [6, 6.07) is 2.70. The van der Waals surface area contributed by atoms with Crippen molar-refractivity contribution in [2.45, 2.75) is 13.8 Å². The zero-order valence-corrected chi connectivity index (χ0v) is 11.7. The van der Waals surface area contributed by atoms with Crippen LogP contribution in [0.5, 0.6) is 0 Å². The quantitative estimate of drug-likeness (QED) is 0.810. The minimum absolute atomic E-state index is 0.176. The Kier molecular flexibility index (Phi) is 3.99. The molecule has 0 fully saturated rings. The number of urea groups is 1. The van der Waals surface area contributed by atoms with Crippen molar-refractivity contribution in [3.05, 3.63) is 40.4 Å². The molecule has 0 saturated heterocycles. The molecule has 2 amide bonds. The number of rotatable bonds is 3. The molecule has 7 heteroatoms. The van der Waals surface area contributed by atoms with E-state index in [2.05, 4.69) is 15.6 Å². The fourth-order valence-electron chi connectivity index (χ4n) is 1.70. The largest absolute Gasteiger partial charge is 0.478 e. The fraction of sp³-hybridized carbons (Fsp3) is 0.154. The summed E-state index contributed by atoms with van der Waals surface area (Å²) >= 11 is 1.30. The summed E-state index contributed by atoms with van der Waals surface area (Å²) < 4.78 is 0. The molecule has 2 aromatic rings. The molecule has 1 heterocycles. The van der Waals surface area contributed by atoms with Crippen LogP contribution in [0.1, 0.15) is 21.5 Å². The highest BCUT2D eigenvalue weighted by atomic mass is 32.1. The van der Waals surface area contributed by atoms with Crippen molar-refractivity contribution >= 4 is 34.2 Å². The van der Waals surface area contributed by atoms with Gasteiger partial charge in [0.2, 0.25) is 0 Å². The van der Waals surface area contributed by atoms with E-state index in [0.29, 0.717) is 16.4 Å². The minimum atomic E-state index is -1.02. The molecule has 0 aliphatic rings. The van der Waals surface area contributed by atoms with Gasteiger partial charge >= 0.3 is 12.0 Å². The van der Waals surface area contributed by atoms with Crippen molar-refractivity contribution in [2.24, 2.45) is 0 Å². The molecule has 1 aromatic heterocycles. The highest BCUT2D eigenvalue weighted by Gasteiger charge is 2.12. The second kappa shape index (κ2) is 5.70. The van der Waals surface area contributed by atoms with Gasteiger partial charge in [0, 0.05) is 17.3 Å². The third-order valence-corrected chi connectivity index (χ3v) is 3.50. The number of carboxylic acids is 1. The zero-order chi connectivity index (χ0) is 14.7. The van der Waals surface area contributed by atoms with E-state index in [9.17, 15) is 9.59 Å². The molecule has 0 aliphatic heterocycles. The number of thiazole rings is 1. The number of carbonyl (C=O) groups excluding carboxylic acids is 1. The van der Waals surface area contributed by atoms with Crippen LogP contribution in [0, 0.1) is 13.8 Å². The number of benzene rings is 1. The van der Waals surface area contributed by atoms with Gasteiger partial charge in [-0.1, -0.05) is 0 Å². The van der Waals surface area contributed by atoms with Gasteiger partial charge in [-0.05, 0) is 37.1 Å². The lowest BCUT2D eigenvalue weighted by molar-refractivity contribution is 0.0696. The van der Waals surface area contributed by atoms with E-state index < -0.39 is 12.0 Å². The van der Waals surface area contributed by atoms with E-state index in [0.717, 1.165) is 5.56 Å². The third-order valence-electron chi connectivity index (χ3n) is 2.81. The lowest BCUT2D eigenvalue weighted by atomic mass is 10.0. The Labute approximate surface area is 119 Å². The minimum Gasteiger partial charge on any atom is -0.478 e. The molecule has 20 heavy (non-hydrogen) atoms. The van der Waals surface area contributed by atoms with E-state index in [-0.39, 0.29) is 5.56 Å². The first-order valence-electron chi connectivity index (χ1n) is 5.79. The topological polar surface area (TPSA) is 91.3 Å². The summed E-state index contributed by atoms with van der Waals surface area (Å²) in [5.74, 6) is -1.02. The third kappa shape index (κ3) is 3.12. The maximum atomic E-state index is 11.8. The Morgan fingerprint density at radius 2 is 2.00 bits per heavy atom. The van der Waals surface area contributed by atoms with Crippen LogP contribution in [0.3, 0.4) is 0 Å². The first-order valence-corrected chi connectivity index (χ1v) is 6.67. The number of carbonyl (C=O) groups is 2. The lowest BCUT2D eigenvalue weighted by Gasteiger charge is -2.10. The van der Waals surface area contributed by atoms with E-state index in [4.69, 9.17) is 5.11 Å². The highest BCUT2D eigenvalue weighted by molar-refractivity contribution is 7.13.